The molecule has 1 aromatic carbocycles. The number of carbonyl (C=O) groups excluding carboxylic acids is 2. The summed E-state index contributed by atoms with van der Waals surface area (Å²) < 4.78 is 26.8. The number of nitriles is 1. The maximum absolute atomic E-state index is 13.2. The number of rotatable bonds is 6. The van der Waals surface area contributed by atoms with Gasteiger partial charge in [-0.1, -0.05) is 12.1 Å². The Hall–Kier alpha value is -3.29. The molecule has 1 N–H and O–H groups in total. The molecule has 4 rings (SSSR count). The SMILES string of the molecule is Cc1ccc(CNC(=O)[C@H]2CCCN2C(=O)c2cccc(S(=O)(=O)N3CC(C#N)C3)c2)nc1. The molecule has 2 fully saturated rings. The van der Waals surface area contributed by atoms with Crippen LogP contribution in [0.25, 0.3) is 0 Å². The quantitative estimate of drug-likeness (QED) is 0.686. The molecule has 3 heterocycles. The standard InChI is InChI=1S/C23H25N5O4S/c1-16-7-8-19(25-12-16)13-26-22(29)21-6-3-9-28(21)23(30)18-4-2-5-20(10-18)33(31,32)27-14-17(11-24)15-27/h2,4-5,7-8,10,12,17,21H,3,6,9,13-15H2,1H3,(H,26,29)/t21-/m1/s1. The largest absolute Gasteiger partial charge is 0.349 e. The number of sulfonamides is 1. The highest BCUT2D eigenvalue weighted by atomic mass is 32.2. The molecule has 1 aromatic heterocycles. The van der Waals surface area contributed by atoms with Crippen LogP contribution in [0.3, 0.4) is 0 Å². The van der Waals surface area contributed by atoms with Gasteiger partial charge in [-0.25, -0.2) is 8.42 Å². The third kappa shape index (κ3) is 4.74. The molecule has 2 aromatic rings. The minimum Gasteiger partial charge on any atom is -0.349 e. The summed E-state index contributed by atoms with van der Waals surface area (Å²) in [5, 5.41) is 11.8. The molecule has 1 atom stereocenters. The van der Waals surface area contributed by atoms with E-state index in [9.17, 15) is 18.0 Å². The van der Waals surface area contributed by atoms with E-state index in [0.717, 1.165) is 11.3 Å². The zero-order valence-corrected chi connectivity index (χ0v) is 19.1. The second kappa shape index (κ2) is 9.29. The third-order valence-corrected chi connectivity index (χ3v) is 7.81. The van der Waals surface area contributed by atoms with Crippen molar-refractivity contribution in [2.45, 2.75) is 37.2 Å². The average Bonchev–Trinajstić information content (AvgIpc) is 3.27. The summed E-state index contributed by atoms with van der Waals surface area (Å²) in [5.74, 6) is -0.935. The van der Waals surface area contributed by atoms with Crippen LogP contribution in [-0.4, -0.2) is 60.1 Å². The molecule has 2 amide bonds. The maximum atomic E-state index is 13.2. The van der Waals surface area contributed by atoms with Crippen LogP contribution in [0.15, 0.2) is 47.5 Å². The number of likely N-dealkylation sites (tertiary alicyclic amines) is 1. The molecular formula is C23H25N5O4S. The van der Waals surface area contributed by atoms with Gasteiger partial charge in [-0.2, -0.15) is 9.57 Å². The van der Waals surface area contributed by atoms with Crippen LogP contribution in [0.4, 0.5) is 0 Å². The zero-order valence-electron chi connectivity index (χ0n) is 18.3. The molecule has 33 heavy (non-hydrogen) atoms. The Bertz CT molecular complexity index is 1200. The van der Waals surface area contributed by atoms with Crippen molar-refractivity contribution < 1.29 is 18.0 Å². The van der Waals surface area contributed by atoms with E-state index in [0.29, 0.717) is 19.4 Å². The Balaban J connectivity index is 1.44. The van der Waals surface area contributed by atoms with Gasteiger partial charge in [-0.05, 0) is 49.6 Å². The highest BCUT2D eigenvalue weighted by Gasteiger charge is 2.38. The number of nitrogens with one attached hydrogen (secondary N) is 1. The second-order valence-electron chi connectivity index (χ2n) is 8.38. The van der Waals surface area contributed by atoms with E-state index in [-0.39, 0.29) is 47.8 Å². The smallest absolute Gasteiger partial charge is 0.254 e. The van der Waals surface area contributed by atoms with Crippen LogP contribution in [0.2, 0.25) is 0 Å². The predicted molar refractivity (Wildman–Crippen MR) is 119 cm³/mol. The zero-order chi connectivity index (χ0) is 23.6. The first-order valence-electron chi connectivity index (χ1n) is 10.8. The summed E-state index contributed by atoms with van der Waals surface area (Å²) in [5.41, 5.74) is 1.97. The number of pyridine rings is 1. The molecule has 0 bridgehead atoms. The number of aryl methyl sites for hydroxylation is 1. The van der Waals surface area contributed by atoms with Gasteiger partial charge < -0.3 is 10.2 Å². The lowest BCUT2D eigenvalue weighted by Crippen LogP contribution is -2.49. The molecule has 172 valence electrons. The Kier molecular flexibility index (Phi) is 6.44. The van der Waals surface area contributed by atoms with Crippen molar-refractivity contribution in [3.8, 4) is 6.07 Å². The average molecular weight is 468 g/mol. The first kappa shape index (κ1) is 22.9. The summed E-state index contributed by atoms with van der Waals surface area (Å²) in [4.78, 5) is 31.8. The monoisotopic (exact) mass is 467 g/mol. The molecule has 2 saturated heterocycles. The van der Waals surface area contributed by atoms with Gasteiger partial charge in [0.25, 0.3) is 5.91 Å². The minimum atomic E-state index is -3.77. The van der Waals surface area contributed by atoms with Gasteiger partial charge in [-0.15, -0.1) is 0 Å². The van der Waals surface area contributed by atoms with E-state index in [1.807, 2.05) is 19.1 Å². The summed E-state index contributed by atoms with van der Waals surface area (Å²) in [6, 6.07) is 11.1. The van der Waals surface area contributed by atoms with E-state index in [4.69, 9.17) is 5.26 Å². The van der Waals surface area contributed by atoms with Crippen molar-refractivity contribution in [1.82, 2.24) is 19.5 Å². The Labute approximate surface area is 193 Å². The van der Waals surface area contributed by atoms with E-state index in [1.54, 1.807) is 12.3 Å². The second-order valence-corrected chi connectivity index (χ2v) is 10.3. The van der Waals surface area contributed by atoms with E-state index in [1.165, 1.54) is 27.4 Å². The van der Waals surface area contributed by atoms with Gasteiger partial charge in [0.1, 0.15) is 6.04 Å². The first-order chi connectivity index (χ1) is 15.8. The molecule has 10 heteroatoms. The molecule has 0 radical (unpaired) electrons. The highest BCUT2D eigenvalue weighted by Crippen LogP contribution is 2.26. The number of carbonyl (C=O) groups is 2. The van der Waals surface area contributed by atoms with Crippen LogP contribution in [-0.2, 0) is 21.4 Å². The Morgan fingerprint density at radius 3 is 2.73 bits per heavy atom. The van der Waals surface area contributed by atoms with Gasteiger partial charge in [0, 0.05) is 31.4 Å². The molecular weight excluding hydrogens is 442 g/mol. The fourth-order valence-corrected chi connectivity index (χ4v) is 5.58. The van der Waals surface area contributed by atoms with Gasteiger partial charge >= 0.3 is 0 Å². The lowest BCUT2D eigenvalue weighted by molar-refractivity contribution is -0.125. The van der Waals surface area contributed by atoms with Gasteiger partial charge in [0.2, 0.25) is 15.9 Å². The Morgan fingerprint density at radius 1 is 1.24 bits per heavy atom. The fraction of sp³-hybridized carbons (Fsp3) is 0.391. The minimum absolute atomic E-state index is 0.00961. The van der Waals surface area contributed by atoms with Crippen molar-refractivity contribution in [1.29, 1.82) is 5.26 Å². The number of benzene rings is 1. The topological polar surface area (TPSA) is 123 Å². The fourth-order valence-electron chi connectivity index (χ4n) is 4.00. The van der Waals surface area contributed by atoms with Crippen LogP contribution >= 0.6 is 0 Å². The van der Waals surface area contributed by atoms with Gasteiger partial charge in [0.15, 0.2) is 0 Å². The lowest BCUT2D eigenvalue weighted by atomic mass is 10.1. The molecule has 2 aliphatic heterocycles. The van der Waals surface area contributed by atoms with Crippen LogP contribution in [0.5, 0.6) is 0 Å². The summed E-state index contributed by atoms with van der Waals surface area (Å²) in [7, 11) is -3.77. The summed E-state index contributed by atoms with van der Waals surface area (Å²) in [6.45, 7) is 2.93. The van der Waals surface area contributed by atoms with Crippen LogP contribution < -0.4 is 5.32 Å². The third-order valence-electron chi connectivity index (χ3n) is 5.98. The Morgan fingerprint density at radius 2 is 2.03 bits per heavy atom. The van der Waals surface area contributed by atoms with Crippen molar-refractivity contribution in [2.75, 3.05) is 19.6 Å². The summed E-state index contributed by atoms with van der Waals surface area (Å²) >= 11 is 0. The molecule has 9 nitrogen and oxygen atoms in total. The summed E-state index contributed by atoms with van der Waals surface area (Å²) in [6.07, 6.45) is 2.96. The first-order valence-corrected chi connectivity index (χ1v) is 12.2. The molecule has 0 aliphatic carbocycles. The highest BCUT2D eigenvalue weighted by molar-refractivity contribution is 7.89. The van der Waals surface area contributed by atoms with E-state index >= 15 is 0 Å². The number of nitrogens with zero attached hydrogens (tertiary/aromatic N) is 4. The number of amides is 2. The van der Waals surface area contributed by atoms with E-state index in [2.05, 4.69) is 16.4 Å². The molecule has 0 saturated carbocycles. The molecule has 2 aliphatic rings. The molecule has 0 spiro atoms. The van der Waals surface area contributed by atoms with Gasteiger partial charge in [-0.3, -0.25) is 14.6 Å². The molecule has 0 unspecified atom stereocenters. The predicted octanol–water partition coefficient (Wildman–Crippen LogP) is 1.46. The van der Waals surface area contributed by atoms with E-state index < -0.39 is 16.1 Å². The van der Waals surface area contributed by atoms with Crippen molar-refractivity contribution in [3.05, 3.63) is 59.4 Å². The normalized spacial score (nSPS) is 19.0. The van der Waals surface area contributed by atoms with Gasteiger partial charge in [0.05, 0.1) is 29.1 Å². The van der Waals surface area contributed by atoms with Crippen LogP contribution in [0.1, 0.15) is 34.5 Å². The maximum Gasteiger partial charge on any atom is 0.254 e. The number of hydrogen-bond donors (Lipinski definition) is 1. The number of hydrogen-bond acceptors (Lipinski definition) is 6. The van der Waals surface area contributed by atoms with Crippen molar-refractivity contribution in [2.24, 2.45) is 5.92 Å². The lowest BCUT2D eigenvalue weighted by Gasteiger charge is -2.34. The van der Waals surface area contributed by atoms with Crippen molar-refractivity contribution >= 4 is 21.8 Å². The van der Waals surface area contributed by atoms with Crippen molar-refractivity contribution in [3.63, 3.8) is 0 Å². The number of aromatic nitrogens is 1. The van der Waals surface area contributed by atoms with Crippen LogP contribution in [0, 0.1) is 24.2 Å².